The van der Waals surface area contributed by atoms with Crippen LogP contribution >= 0.6 is 11.3 Å². The number of hydrogen-bond donors (Lipinski definition) is 2. The van der Waals surface area contributed by atoms with Gasteiger partial charge >= 0.3 is 0 Å². The van der Waals surface area contributed by atoms with E-state index in [1.165, 1.54) is 17.5 Å². The molecule has 1 aromatic heterocycles. The van der Waals surface area contributed by atoms with Crippen LogP contribution in [0.5, 0.6) is 11.5 Å². The van der Waals surface area contributed by atoms with E-state index in [2.05, 4.69) is 15.8 Å². The van der Waals surface area contributed by atoms with E-state index in [4.69, 9.17) is 14.7 Å². The molecular weight excluding hydrogens is 328 g/mol. The van der Waals surface area contributed by atoms with E-state index in [-0.39, 0.29) is 12.5 Å². The van der Waals surface area contributed by atoms with Crippen LogP contribution in [0.2, 0.25) is 0 Å². The third-order valence-corrected chi connectivity index (χ3v) is 3.82. The lowest BCUT2D eigenvalue weighted by atomic mass is 10.3. The Morgan fingerprint density at radius 2 is 2.08 bits per heavy atom. The van der Waals surface area contributed by atoms with Gasteiger partial charge in [-0.15, -0.1) is 11.3 Å². The summed E-state index contributed by atoms with van der Waals surface area (Å²) in [5.41, 5.74) is 6.19. The molecule has 0 atom stereocenters. The highest BCUT2D eigenvalue weighted by Gasteiger charge is 2.06. The number of allylic oxidation sites excluding steroid dienone is 1. The van der Waals surface area contributed by atoms with Crippen LogP contribution in [0.1, 0.15) is 10.7 Å². The highest BCUT2D eigenvalue weighted by atomic mass is 32.1. The van der Waals surface area contributed by atoms with E-state index in [1.54, 1.807) is 31.4 Å². The lowest BCUT2D eigenvalue weighted by Crippen LogP contribution is -2.37. The highest BCUT2D eigenvalue weighted by Crippen LogP contribution is 2.18. The molecule has 2 rings (SSSR count). The van der Waals surface area contributed by atoms with E-state index < -0.39 is 0 Å². The molecule has 0 bridgehead atoms. The van der Waals surface area contributed by atoms with E-state index in [1.807, 2.05) is 18.4 Å². The van der Waals surface area contributed by atoms with Crippen molar-refractivity contribution in [3.8, 4) is 17.6 Å². The Kier molecular flexibility index (Phi) is 6.16. The lowest BCUT2D eigenvalue weighted by molar-refractivity contribution is -0.123. The van der Waals surface area contributed by atoms with Crippen molar-refractivity contribution in [3.05, 3.63) is 46.5 Å². The quantitative estimate of drug-likeness (QED) is 0.589. The van der Waals surface area contributed by atoms with Gasteiger partial charge in [-0.3, -0.25) is 10.2 Å². The number of carbonyl (C=O) groups excluding carboxylic acids is 1. The molecule has 1 heterocycles. The van der Waals surface area contributed by atoms with Crippen LogP contribution in [0.25, 0.3) is 5.57 Å². The largest absolute Gasteiger partial charge is 0.497 e. The van der Waals surface area contributed by atoms with Gasteiger partial charge in [0.1, 0.15) is 28.1 Å². The van der Waals surface area contributed by atoms with Crippen LogP contribution < -0.4 is 20.3 Å². The van der Waals surface area contributed by atoms with Crippen molar-refractivity contribution in [2.24, 2.45) is 0 Å². The number of ether oxygens (including phenoxy) is 2. The molecule has 24 heavy (non-hydrogen) atoms. The first-order valence-corrected chi connectivity index (χ1v) is 7.84. The summed E-state index contributed by atoms with van der Waals surface area (Å²) in [6, 6.07) is 8.92. The Morgan fingerprint density at radius 1 is 1.38 bits per heavy atom. The topological polar surface area (TPSA) is 96.3 Å². The number of methoxy groups -OCH3 is 1. The molecule has 0 spiro atoms. The van der Waals surface area contributed by atoms with Gasteiger partial charge in [0.15, 0.2) is 6.61 Å². The first-order valence-electron chi connectivity index (χ1n) is 6.96. The number of thiazole rings is 1. The molecule has 0 aliphatic rings. The maximum absolute atomic E-state index is 11.7. The number of nitrogens with zero attached hydrogens (tertiary/aromatic N) is 2. The second-order valence-corrected chi connectivity index (χ2v) is 5.48. The Bertz CT molecular complexity index is 762. The van der Waals surface area contributed by atoms with Crippen molar-refractivity contribution in [2.75, 3.05) is 13.7 Å². The average molecular weight is 344 g/mol. The van der Waals surface area contributed by atoms with Crippen molar-refractivity contribution in [1.29, 1.82) is 5.26 Å². The predicted molar refractivity (Wildman–Crippen MR) is 90.2 cm³/mol. The second kappa shape index (κ2) is 8.55. The molecule has 0 saturated heterocycles. The summed E-state index contributed by atoms with van der Waals surface area (Å²) in [5, 5.41) is 11.5. The van der Waals surface area contributed by atoms with Gasteiger partial charge in [-0.05, 0) is 31.2 Å². The summed E-state index contributed by atoms with van der Waals surface area (Å²) in [5.74, 6) is 0.882. The molecule has 8 heteroatoms. The molecule has 124 valence electrons. The van der Waals surface area contributed by atoms with E-state index in [9.17, 15) is 4.79 Å². The van der Waals surface area contributed by atoms with Crippen LogP contribution in [-0.2, 0) is 4.79 Å². The van der Waals surface area contributed by atoms with Crippen molar-refractivity contribution in [3.63, 3.8) is 0 Å². The van der Waals surface area contributed by atoms with Gasteiger partial charge in [0.2, 0.25) is 0 Å². The minimum absolute atomic E-state index is 0.161. The van der Waals surface area contributed by atoms with E-state index in [0.717, 1.165) is 5.69 Å². The predicted octanol–water partition coefficient (Wildman–Crippen LogP) is 2.02. The molecule has 0 unspecified atom stereocenters. The highest BCUT2D eigenvalue weighted by molar-refractivity contribution is 7.10. The molecule has 7 nitrogen and oxygen atoms in total. The smallest absolute Gasteiger partial charge is 0.276 e. The SMILES string of the molecule is COc1ccc(OCC(=O)NN/C=C(\C#N)c2nc(C)cs2)cc1. The van der Waals surface area contributed by atoms with Gasteiger partial charge in [0.05, 0.1) is 7.11 Å². The van der Waals surface area contributed by atoms with Crippen LogP contribution in [0.3, 0.4) is 0 Å². The Balaban J connectivity index is 1.80. The zero-order chi connectivity index (χ0) is 17.4. The third-order valence-electron chi connectivity index (χ3n) is 2.83. The van der Waals surface area contributed by atoms with Crippen molar-refractivity contribution < 1.29 is 14.3 Å². The van der Waals surface area contributed by atoms with Gasteiger partial charge in [0, 0.05) is 17.3 Å². The van der Waals surface area contributed by atoms with Gasteiger partial charge in [-0.25, -0.2) is 4.98 Å². The van der Waals surface area contributed by atoms with Crippen LogP contribution in [-0.4, -0.2) is 24.6 Å². The van der Waals surface area contributed by atoms with Gasteiger partial charge < -0.3 is 14.9 Å². The maximum Gasteiger partial charge on any atom is 0.276 e. The monoisotopic (exact) mass is 344 g/mol. The Hall–Kier alpha value is -3.05. The zero-order valence-corrected chi connectivity index (χ0v) is 14.0. The second-order valence-electron chi connectivity index (χ2n) is 4.62. The molecule has 0 radical (unpaired) electrons. The van der Waals surface area contributed by atoms with Gasteiger partial charge in [0.25, 0.3) is 5.91 Å². The van der Waals surface area contributed by atoms with Crippen molar-refractivity contribution >= 4 is 22.8 Å². The fourth-order valence-electron chi connectivity index (χ4n) is 1.67. The van der Waals surface area contributed by atoms with Crippen LogP contribution in [0, 0.1) is 18.3 Å². The normalized spacial score (nSPS) is 10.6. The summed E-state index contributed by atoms with van der Waals surface area (Å²) in [6.07, 6.45) is 1.39. The van der Waals surface area contributed by atoms with Gasteiger partial charge in [-0.2, -0.15) is 5.26 Å². The van der Waals surface area contributed by atoms with E-state index >= 15 is 0 Å². The van der Waals surface area contributed by atoms with Crippen molar-refractivity contribution in [2.45, 2.75) is 6.92 Å². The minimum atomic E-state index is -0.380. The molecule has 0 aliphatic carbocycles. The van der Waals surface area contributed by atoms with Crippen LogP contribution in [0.15, 0.2) is 35.8 Å². The molecule has 2 N–H and O–H groups in total. The fraction of sp³-hybridized carbons (Fsp3) is 0.188. The number of rotatable bonds is 7. The molecule has 1 amide bonds. The first-order chi connectivity index (χ1) is 11.6. The number of hydrogen-bond acceptors (Lipinski definition) is 7. The number of amides is 1. The van der Waals surface area contributed by atoms with Gasteiger partial charge in [-0.1, -0.05) is 0 Å². The summed E-state index contributed by atoms with van der Waals surface area (Å²) in [7, 11) is 1.57. The molecular formula is C16H16N4O3S. The Labute approximate surface area is 143 Å². The maximum atomic E-state index is 11.7. The number of carbonyl (C=O) groups is 1. The number of aromatic nitrogens is 1. The summed E-state index contributed by atoms with van der Waals surface area (Å²) in [6.45, 7) is 1.69. The number of hydrazine groups is 1. The fourth-order valence-corrected chi connectivity index (χ4v) is 2.43. The summed E-state index contributed by atoms with van der Waals surface area (Å²) < 4.78 is 10.4. The Morgan fingerprint density at radius 3 is 2.67 bits per heavy atom. The lowest BCUT2D eigenvalue weighted by Gasteiger charge is -2.08. The summed E-state index contributed by atoms with van der Waals surface area (Å²) in [4.78, 5) is 15.9. The molecule has 1 aromatic carbocycles. The third kappa shape index (κ3) is 5.00. The number of nitrogens with one attached hydrogen (secondary N) is 2. The first kappa shape index (κ1) is 17.3. The van der Waals surface area contributed by atoms with Crippen molar-refractivity contribution in [1.82, 2.24) is 15.8 Å². The standard InChI is InChI=1S/C16H16N4O3S/c1-11-10-24-16(19-11)12(7-17)8-18-20-15(21)9-23-14-5-3-13(22-2)4-6-14/h3-6,8,10,18H,9H2,1-2H3,(H,20,21)/b12-8+. The zero-order valence-electron chi connectivity index (χ0n) is 13.2. The van der Waals surface area contributed by atoms with Crippen LogP contribution in [0.4, 0.5) is 0 Å². The molecule has 0 saturated carbocycles. The number of nitriles is 1. The van der Waals surface area contributed by atoms with E-state index in [0.29, 0.717) is 22.1 Å². The number of aryl methyl sites for hydroxylation is 1. The summed E-state index contributed by atoms with van der Waals surface area (Å²) >= 11 is 1.36. The molecule has 0 fully saturated rings. The minimum Gasteiger partial charge on any atom is -0.497 e. The molecule has 0 aliphatic heterocycles. The molecule has 2 aromatic rings. The average Bonchev–Trinajstić information content (AvgIpc) is 3.03. The number of benzene rings is 1.